The van der Waals surface area contributed by atoms with E-state index in [2.05, 4.69) is 4.98 Å². The number of hydrogen-bond donors (Lipinski definition) is 3. The highest BCUT2D eigenvalue weighted by atomic mass is 16.3. The molecule has 4 N–H and O–H groups in total. The van der Waals surface area contributed by atoms with Gasteiger partial charge in [0.25, 0.3) is 0 Å². The van der Waals surface area contributed by atoms with Gasteiger partial charge >= 0.3 is 0 Å². The van der Waals surface area contributed by atoms with Crippen LogP contribution in [0.25, 0.3) is 0 Å². The van der Waals surface area contributed by atoms with Crippen molar-refractivity contribution in [3.8, 4) is 0 Å². The van der Waals surface area contributed by atoms with Crippen molar-refractivity contribution in [3.63, 3.8) is 0 Å². The highest BCUT2D eigenvalue weighted by Crippen LogP contribution is 2.18. The van der Waals surface area contributed by atoms with Crippen molar-refractivity contribution < 1.29 is 15.0 Å². The number of hydrogen-bond acceptors (Lipinski definition) is 4. The van der Waals surface area contributed by atoms with Crippen molar-refractivity contribution >= 4 is 5.91 Å². The molecule has 0 aliphatic carbocycles. The Morgan fingerprint density at radius 1 is 1.47 bits per heavy atom. The summed E-state index contributed by atoms with van der Waals surface area (Å²) in [5.41, 5.74) is 6.80. The third-order valence-corrected chi connectivity index (χ3v) is 2.13. The molecule has 0 bridgehead atoms. The smallest absolute Gasteiger partial charge is 0.249 e. The molecule has 1 aromatic heterocycles. The second-order valence-electron chi connectivity index (χ2n) is 3.51. The molecule has 0 saturated carbocycles. The van der Waals surface area contributed by atoms with E-state index in [1.165, 1.54) is 0 Å². The van der Waals surface area contributed by atoms with E-state index < -0.39 is 18.1 Å². The number of carbonyl (C=O) groups is 1. The van der Waals surface area contributed by atoms with Crippen LogP contribution in [-0.4, -0.2) is 27.2 Å². The number of nitrogens with two attached hydrogens (primary N) is 1. The zero-order valence-corrected chi connectivity index (χ0v) is 8.64. The number of aromatic nitrogens is 1. The second-order valence-corrected chi connectivity index (χ2v) is 3.51. The lowest BCUT2D eigenvalue weighted by molar-refractivity contribution is -0.132. The maximum Gasteiger partial charge on any atom is 0.249 e. The van der Waals surface area contributed by atoms with Gasteiger partial charge in [-0.15, -0.1) is 0 Å². The molecule has 0 aliphatic rings. The number of pyridine rings is 1. The molecule has 5 heteroatoms. The molecule has 5 nitrogen and oxygen atoms in total. The van der Waals surface area contributed by atoms with Crippen LogP contribution in [0.2, 0.25) is 0 Å². The number of aliphatic hydroxyl groups is 2. The van der Waals surface area contributed by atoms with E-state index >= 15 is 0 Å². The first-order valence-electron chi connectivity index (χ1n) is 4.52. The van der Waals surface area contributed by atoms with Gasteiger partial charge in [-0.1, -0.05) is 6.07 Å². The Hall–Kier alpha value is -1.46. The molecule has 0 aliphatic heterocycles. The number of aliphatic hydroxyl groups excluding tert-OH is 2. The molecular weight excluding hydrogens is 196 g/mol. The van der Waals surface area contributed by atoms with Crippen LogP contribution in [0, 0.1) is 13.8 Å². The molecule has 0 saturated heterocycles. The minimum atomic E-state index is -1.63. The van der Waals surface area contributed by atoms with Crippen LogP contribution >= 0.6 is 0 Å². The van der Waals surface area contributed by atoms with Crippen LogP contribution in [0.3, 0.4) is 0 Å². The largest absolute Gasteiger partial charge is 0.383 e. The minimum Gasteiger partial charge on any atom is -0.383 e. The molecule has 0 radical (unpaired) electrons. The summed E-state index contributed by atoms with van der Waals surface area (Å²) in [6.45, 7) is 3.60. The average Bonchev–Trinajstić information content (AvgIpc) is 2.15. The predicted octanol–water partition coefficient (Wildman–Crippen LogP) is -0.422. The van der Waals surface area contributed by atoms with E-state index in [1.54, 1.807) is 19.2 Å². The first kappa shape index (κ1) is 11.6. The van der Waals surface area contributed by atoms with Crippen molar-refractivity contribution in [1.29, 1.82) is 0 Å². The summed E-state index contributed by atoms with van der Waals surface area (Å²) in [7, 11) is 0. The number of rotatable bonds is 3. The van der Waals surface area contributed by atoms with Crippen LogP contribution in [0.5, 0.6) is 0 Å². The monoisotopic (exact) mass is 210 g/mol. The Morgan fingerprint density at radius 2 is 2.07 bits per heavy atom. The van der Waals surface area contributed by atoms with Gasteiger partial charge in [0.05, 0.1) is 5.69 Å². The van der Waals surface area contributed by atoms with Crippen LogP contribution < -0.4 is 5.73 Å². The number of nitrogens with zero attached hydrogens (tertiary/aromatic N) is 1. The number of primary amides is 1. The lowest BCUT2D eigenvalue weighted by Gasteiger charge is -2.16. The summed E-state index contributed by atoms with van der Waals surface area (Å²) in [6.07, 6.45) is -1.44. The van der Waals surface area contributed by atoms with Gasteiger partial charge in [0.15, 0.2) is 6.10 Å². The van der Waals surface area contributed by atoms with E-state index in [1.807, 2.05) is 6.92 Å². The van der Waals surface area contributed by atoms with Gasteiger partial charge in [-0.2, -0.15) is 0 Å². The fourth-order valence-corrected chi connectivity index (χ4v) is 1.34. The van der Waals surface area contributed by atoms with E-state index in [0.717, 1.165) is 5.56 Å². The Bertz CT molecular complexity index is 379. The molecule has 2 unspecified atom stereocenters. The van der Waals surface area contributed by atoms with Gasteiger partial charge in [-0.3, -0.25) is 9.78 Å². The zero-order valence-electron chi connectivity index (χ0n) is 8.64. The molecule has 0 aromatic carbocycles. The third-order valence-electron chi connectivity index (χ3n) is 2.13. The summed E-state index contributed by atoms with van der Waals surface area (Å²) in [4.78, 5) is 14.6. The summed E-state index contributed by atoms with van der Waals surface area (Å²) < 4.78 is 0. The maximum atomic E-state index is 10.7. The number of carbonyl (C=O) groups excluding carboxylic acids is 1. The SMILES string of the molecule is Cc1cnc(C(O)C(O)C(N)=O)c(C)c1. The maximum absolute atomic E-state index is 10.7. The van der Waals surface area contributed by atoms with Crippen LogP contribution in [0.1, 0.15) is 22.9 Å². The zero-order chi connectivity index (χ0) is 11.6. The van der Waals surface area contributed by atoms with E-state index in [4.69, 9.17) is 5.73 Å². The average molecular weight is 210 g/mol. The fraction of sp³-hybridized carbons (Fsp3) is 0.400. The molecule has 1 aromatic rings. The molecule has 0 spiro atoms. The molecule has 1 rings (SSSR count). The van der Waals surface area contributed by atoms with Crippen molar-refractivity contribution in [2.75, 3.05) is 0 Å². The van der Waals surface area contributed by atoms with Crippen molar-refractivity contribution in [2.45, 2.75) is 26.1 Å². The Morgan fingerprint density at radius 3 is 2.53 bits per heavy atom. The normalized spacial score (nSPS) is 14.7. The summed E-state index contributed by atoms with van der Waals surface area (Å²) in [5.74, 6) is -0.968. The summed E-state index contributed by atoms with van der Waals surface area (Å²) in [6, 6.07) is 1.80. The Kier molecular flexibility index (Phi) is 3.39. The number of amides is 1. The van der Waals surface area contributed by atoms with E-state index in [9.17, 15) is 15.0 Å². The van der Waals surface area contributed by atoms with Gasteiger partial charge in [-0.25, -0.2) is 0 Å². The van der Waals surface area contributed by atoms with E-state index in [-0.39, 0.29) is 5.69 Å². The van der Waals surface area contributed by atoms with Crippen LogP contribution in [0.4, 0.5) is 0 Å². The summed E-state index contributed by atoms with van der Waals surface area (Å²) >= 11 is 0. The minimum absolute atomic E-state index is 0.270. The molecular formula is C10H14N2O3. The van der Waals surface area contributed by atoms with Crippen molar-refractivity contribution in [2.24, 2.45) is 5.73 Å². The molecule has 1 amide bonds. The van der Waals surface area contributed by atoms with Crippen molar-refractivity contribution in [3.05, 3.63) is 29.1 Å². The fourth-order valence-electron chi connectivity index (χ4n) is 1.34. The van der Waals surface area contributed by atoms with Gasteiger partial charge < -0.3 is 15.9 Å². The van der Waals surface area contributed by atoms with Gasteiger partial charge in [-0.05, 0) is 25.0 Å². The van der Waals surface area contributed by atoms with Gasteiger partial charge in [0.1, 0.15) is 6.10 Å². The molecule has 82 valence electrons. The Balaban J connectivity index is 3.01. The number of aryl methyl sites for hydroxylation is 2. The first-order chi connectivity index (χ1) is 6.93. The highest BCUT2D eigenvalue weighted by molar-refractivity contribution is 5.79. The molecule has 1 heterocycles. The first-order valence-corrected chi connectivity index (χ1v) is 4.52. The quantitative estimate of drug-likeness (QED) is 0.631. The lowest BCUT2D eigenvalue weighted by Crippen LogP contribution is -2.34. The molecule has 2 atom stereocenters. The van der Waals surface area contributed by atoms with Gasteiger partial charge in [0.2, 0.25) is 5.91 Å². The lowest BCUT2D eigenvalue weighted by atomic mass is 10.0. The standard InChI is InChI=1S/C10H14N2O3/c1-5-3-6(2)7(12-4-5)8(13)9(14)10(11)15/h3-4,8-9,13-14H,1-2H3,(H2,11,15). The summed E-state index contributed by atoms with van der Waals surface area (Å²) in [5, 5.41) is 18.9. The van der Waals surface area contributed by atoms with Gasteiger partial charge in [0, 0.05) is 6.20 Å². The third kappa shape index (κ3) is 2.51. The molecule has 0 fully saturated rings. The van der Waals surface area contributed by atoms with Crippen LogP contribution in [-0.2, 0) is 4.79 Å². The van der Waals surface area contributed by atoms with Crippen molar-refractivity contribution in [1.82, 2.24) is 4.98 Å². The highest BCUT2D eigenvalue weighted by Gasteiger charge is 2.25. The topological polar surface area (TPSA) is 96.4 Å². The Labute approximate surface area is 87.6 Å². The predicted molar refractivity (Wildman–Crippen MR) is 53.9 cm³/mol. The van der Waals surface area contributed by atoms with Crippen LogP contribution in [0.15, 0.2) is 12.3 Å². The second kappa shape index (κ2) is 4.37. The van der Waals surface area contributed by atoms with E-state index in [0.29, 0.717) is 5.56 Å². The molecule has 15 heavy (non-hydrogen) atoms.